The molecule has 0 radical (unpaired) electrons. The summed E-state index contributed by atoms with van der Waals surface area (Å²) in [5.74, 6) is 0.288. The Labute approximate surface area is 223 Å². The molecule has 0 aromatic rings. The number of rotatable bonds is 3. The van der Waals surface area contributed by atoms with Gasteiger partial charge in [0.05, 0.1) is 10.8 Å². The Morgan fingerprint density at radius 1 is 0.892 bits per heavy atom. The fourth-order valence-electron chi connectivity index (χ4n) is 10.8. The molecule has 8 atom stereocenters. The van der Waals surface area contributed by atoms with Gasteiger partial charge in [0.15, 0.2) is 0 Å². The number of Topliss-reactive ketones (excluding diaryl/α,β-unsaturated/α-hetero) is 1. The average molecular weight is 513 g/mol. The lowest BCUT2D eigenvalue weighted by atomic mass is 9.32. The van der Waals surface area contributed by atoms with Crippen molar-refractivity contribution in [2.24, 2.45) is 50.2 Å². The highest BCUT2D eigenvalue weighted by atomic mass is 16.5. The van der Waals surface area contributed by atoms with Crippen molar-refractivity contribution in [1.29, 1.82) is 0 Å². The Bertz CT molecular complexity index is 1060. The zero-order chi connectivity index (χ0) is 27.2. The zero-order valence-electron chi connectivity index (χ0n) is 24.2. The molecule has 0 aromatic carbocycles. The van der Waals surface area contributed by atoms with E-state index in [1.165, 1.54) is 12.5 Å². The van der Waals surface area contributed by atoms with E-state index in [4.69, 9.17) is 4.74 Å². The highest BCUT2D eigenvalue weighted by Crippen LogP contribution is 2.76. The van der Waals surface area contributed by atoms with E-state index in [1.54, 1.807) is 0 Å². The number of carbonyl (C=O) groups is 3. The maximum absolute atomic E-state index is 13.3. The van der Waals surface area contributed by atoms with E-state index >= 15 is 0 Å². The van der Waals surface area contributed by atoms with Gasteiger partial charge in [-0.25, -0.2) is 0 Å². The summed E-state index contributed by atoms with van der Waals surface area (Å²) in [6, 6.07) is 0. The fraction of sp³-hybridized carbons (Fsp3) is 0.844. The van der Waals surface area contributed by atoms with Crippen molar-refractivity contribution in [2.75, 3.05) is 6.61 Å². The van der Waals surface area contributed by atoms with E-state index < -0.39 is 16.8 Å². The number of ether oxygens (including phenoxy) is 1. The van der Waals surface area contributed by atoms with Gasteiger partial charge in [0.1, 0.15) is 12.4 Å². The number of allylic oxidation sites excluding steroid dienone is 1. The van der Waals surface area contributed by atoms with Gasteiger partial charge in [0.25, 0.3) is 0 Å². The second-order valence-corrected chi connectivity index (χ2v) is 15.2. The molecule has 5 aliphatic carbocycles. The molecule has 5 heteroatoms. The predicted molar refractivity (Wildman–Crippen MR) is 143 cm³/mol. The van der Waals surface area contributed by atoms with Gasteiger partial charge >= 0.3 is 11.9 Å². The molecule has 0 spiro atoms. The number of ketones is 1. The fourth-order valence-corrected chi connectivity index (χ4v) is 10.8. The molecule has 37 heavy (non-hydrogen) atoms. The Balaban J connectivity index is 1.55. The van der Waals surface area contributed by atoms with Crippen molar-refractivity contribution in [3.05, 3.63) is 11.6 Å². The standard InChI is InChI=1S/C32H48O5/c1-20(33)37-19-29(5)23-10-13-31(7)24(28(23,4)12-11-25(29)34)9-8-21-22-18-27(2,3)14-16-32(22,26(35)36)17-15-30(21,31)6/h18,21,23-24H,8-17,19H2,1-7H3,(H,35,36)/t21?,23?,24-,28+,29-,30-,31-,32+/m1/s1. The van der Waals surface area contributed by atoms with Crippen molar-refractivity contribution >= 4 is 17.7 Å². The normalized spacial score (nSPS) is 48.5. The minimum Gasteiger partial charge on any atom is -0.481 e. The summed E-state index contributed by atoms with van der Waals surface area (Å²) in [6.45, 7) is 15.6. The van der Waals surface area contributed by atoms with Crippen molar-refractivity contribution in [3.8, 4) is 0 Å². The molecule has 5 rings (SSSR count). The topological polar surface area (TPSA) is 80.7 Å². The molecule has 0 saturated heterocycles. The first-order valence-corrected chi connectivity index (χ1v) is 14.7. The van der Waals surface area contributed by atoms with Crippen LogP contribution >= 0.6 is 0 Å². The largest absolute Gasteiger partial charge is 0.481 e. The molecule has 2 unspecified atom stereocenters. The van der Waals surface area contributed by atoms with Gasteiger partial charge in [0.2, 0.25) is 0 Å². The van der Waals surface area contributed by atoms with Crippen molar-refractivity contribution in [1.82, 2.24) is 0 Å². The van der Waals surface area contributed by atoms with Crippen LogP contribution in [0.5, 0.6) is 0 Å². The molecule has 1 N–H and O–H groups in total. The number of carboxylic acids is 1. The van der Waals surface area contributed by atoms with Crippen LogP contribution in [0.4, 0.5) is 0 Å². The molecule has 206 valence electrons. The van der Waals surface area contributed by atoms with Gasteiger partial charge in [-0.3, -0.25) is 14.4 Å². The van der Waals surface area contributed by atoms with Crippen LogP contribution in [0.3, 0.4) is 0 Å². The summed E-state index contributed by atoms with van der Waals surface area (Å²) in [6.07, 6.45) is 11.3. The highest BCUT2D eigenvalue weighted by Gasteiger charge is 2.70. The number of carboxylic acid groups (broad SMARTS) is 1. The maximum atomic E-state index is 13.3. The number of hydrogen-bond donors (Lipinski definition) is 1. The third-order valence-electron chi connectivity index (χ3n) is 13.2. The molecule has 4 saturated carbocycles. The van der Waals surface area contributed by atoms with Gasteiger partial charge in [-0.1, -0.05) is 46.3 Å². The van der Waals surface area contributed by atoms with Crippen LogP contribution in [0.2, 0.25) is 0 Å². The van der Waals surface area contributed by atoms with Gasteiger partial charge in [0, 0.05) is 13.3 Å². The number of fused-ring (bicyclic) bond motifs is 7. The molecule has 4 fully saturated rings. The first kappa shape index (κ1) is 26.9. The summed E-state index contributed by atoms with van der Waals surface area (Å²) in [7, 11) is 0. The lowest BCUT2D eigenvalue weighted by Crippen LogP contribution is -2.66. The van der Waals surface area contributed by atoms with Crippen molar-refractivity contribution in [3.63, 3.8) is 0 Å². The van der Waals surface area contributed by atoms with E-state index in [1.807, 2.05) is 6.92 Å². The zero-order valence-corrected chi connectivity index (χ0v) is 24.2. The number of aliphatic carboxylic acids is 1. The molecule has 0 heterocycles. The number of carbonyl (C=O) groups excluding carboxylic acids is 2. The van der Waals surface area contributed by atoms with Crippen LogP contribution in [0.25, 0.3) is 0 Å². The monoisotopic (exact) mass is 512 g/mol. The minimum atomic E-state index is -0.691. The van der Waals surface area contributed by atoms with Crippen LogP contribution in [0, 0.1) is 50.2 Å². The lowest BCUT2D eigenvalue weighted by Gasteiger charge is -2.71. The second-order valence-electron chi connectivity index (χ2n) is 15.2. The van der Waals surface area contributed by atoms with E-state index in [0.717, 1.165) is 57.8 Å². The molecule has 0 aliphatic heterocycles. The van der Waals surface area contributed by atoms with E-state index in [0.29, 0.717) is 18.3 Å². The van der Waals surface area contributed by atoms with E-state index in [-0.39, 0.29) is 45.9 Å². The second kappa shape index (κ2) is 8.18. The lowest BCUT2D eigenvalue weighted by molar-refractivity contribution is -0.219. The SMILES string of the molecule is CC(=O)OC[C@@]1(C)C(=O)CC[C@@]2(C)C1CC[C@]1(C)[C@@H]2CCC2C3=CC(C)(C)CC[C@]3(C(=O)O)CC[C@]21C. The third-order valence-corrected chi connectivity index (χ3v) is 13.2. The quantitative estimate of drug-likeness (QED) is 0.326. The Morgan fingerprint density at radius 2 is 1.57 bits per heavy atom. The van der Waals surface area contributed by atoms with E-state index in [2.05, 4.69) is 40.7 Å². The minimum absolute atomic E-state index is 0.00530. The van der Waals surface area contributed by atoms with Crippen molar-refractivity contribution in [2.45, 2.75) is 113 Å². The van der Waals surface area contributed by atoms with Crippen LogP contribution in [0.1, 0.15) is 113 Å². The molecular weight excluding hydrogens is 464 g/mol. The van der Waals surface area contributed by atoms with Gasteiger partial charge in [-0.2, -0.15) is 0 Å². The van der Waals surface area contributed by atoms with E-state index in [9.17, 15) is 19.5 Å². The first-order chi connectivity index (χ1) is 17.1. The molecule has 0 aromatic heterocycles. The summed E-state index contributed by atoms with van der Waals surface area (Å²) >= 11 is 0. The number of esters is 1. The van der Waals surface area contributed by atoms with Crippen LogP contribution in [-0.4, -0.2) is 29.4 Å². The molecule has 5 nitrogen and oxygen atoms in total. The predicted octanol–water partition coefficient (Wildman–Crippen LogP) is 6.99. The Hall–Kier alpha value is -1.65. The third kappa shape index (κ3) is 3.50. The molecule has 0 amide bonds. The molecular formula is C32H48O5. The summed E-state index contributed by atoms with van der Waals surface area (Å²) < 4.78 is 5.51. The summed E-state index contributed by atoms with van der Waals surface area (Å²) in [5, 5.41) is 10.5. The van der Waals surface area contributed by atoms with Crippen molar-refractivity contribution < 1.29 is 24.2 Å². The average Bonchev–Trinajstić information content (AvgIpc) is 2.80. The van der Waals surface area contributed by atoms with Crippen LogP contribution < -0.4 is 0 Å². The van der Waals surface area contributed by atoms with Gasteiger partial charge < -0.3 is 9.84 Å². The van der Waals surface area contributed by atoms with Crippen LogP contribution in [-0.2, 0) is 19.1 Å². The van der Waals surface area contributed by atoms with Gasteiger partial charge in [-0.15, -0.1) is 0 Å². The summed E-state index contributed by atoms with van der Waals surface area (Å²) in [5.41, 5.74) is 0.0761. The maximum Gasteiger partial charge on any atom is 0.313 e. The van der Waals surface area contributed by atoms with Crippen LogP contribution in [0.15, 0.2) is 11.6 Å². The van der Waals surface area contributed by atoms with Gasteiger partial charge in [-0.05, 0) is 104 Å². The molecule has 0 bridgehead atoms. The highest BCUT2D eigenvalue weighted by molar-refractivity contribution is 5.86. The summed E-state index contributed by atoms with van der Waals surface area (Å²) in [4.78, 5) is 37.8. The number of hydrogen-bond acceptors (Lipinski definition) is 4. The smallest absolute Gasteiger partial charge is 0.313 e. The molecule has 5 aliphatic rings. The Morgan fingerprint density at radius 3 is 2.22 bits per heavy atom. The Kier molecular flexibility index (Phi) is 5.95. The first-order valence-electron chi connectivity index (χ1n) is 14.7.